The zero-order chi connectivity index (χ0) is 26.1. The second-order valence-corrected chi connectivity index (χ2v) is 9.92. The summed E-state index contributed by atoms with van der Waals surface area (Å²) < 4.78 is 20.4. The number of anilines is 1. The van der Waals surface area contributed by atoms with Gasteiger partial charge < -0.3 is 14.7 Å². The summed E-state index contributed by atoms with van der Waals surface area (Å²) in [7, 11) is 0. The molecule has 186 valence electrons. The Morgan fingerprint density at radius 1 is 1.05 bits per heavy atom. The quantitative estimate of drug-likeness (QED) is 0.306. The number of allylic oxidation sites excluding steroid dienone is 2. The number of carboxylic acid groups (broad SMARTS) is 1. The van der Waals surface area contributed by atoms with Crippen molar-refractivity contribution in [2.24, 2.45) is 0 Å². The van der Waals surface area contributed by atoms with Crippen LogP contribution in [0.5, 0.6) is 5.75 Å². The molecule has 6 nitrogen and oxygen atoms in total. The van der Waals surface area contributed by atoms with Gasteiger partial charge in [0, 0.05) is 24.3 Å². The second kappa shape index (κ2) is 10.2. The van der Waals surface area contributed by atoms with Gasteiger partial charge in [-0.05, 0) is 36.2 Å². The number of halogens is 1. The van der Waals surface area contributed by atoms with Crippen molar-refractivity contribution in [1.82, 2.24) is 4.90 Å². The van der Waals surface area contributed by atoms with Crippen molar-refractivity contribution in [3.63, 3.8) is 0 Å². The summed E-state index contributed by atoms with van der Waals surface area (Å²) in [5, 5.41) is 9.90. The Balaban J connectivity index is 1.65. The maximum atomic E-state index is 14.0. The second-order valence-electron chi connectivity index (χ2n) is 8.28. The number of rotatable bonds is 6. The van der Waals surface area contributed by atoms with Crippen LogP contribution in [0, 0.1) is 5.82 Å². The lowest BCUT2D eigenvalue weighted by molar-refractivity contribution is -0.122. The zero-order valence-electron chi connectivity index (χ0n) is 19.7. The molecule has 0 saturated carbocycles. The molecule has 3 aromatic rings. The molecule has 9 heteroatoms. The summed E-state index contributed by atoms with van der Waals surface area (Å²) >= 11 is 6.68. The summed E-state index contributed by atoms with van der Waals surface area (Å²) in [6, 6.07) is 20.2. The lowest BCUT2D eigenvalue weighted by atomic mass is 9.98. The number of amides is 1. The Labute approximate surface area is 222 Å². The molecule has 0 aliphatic carbocycles. The molecule has 2 aliphatic heterocycles. The molecule has 2 heterocycles. The van der Waals surface area contributed by atoms with Gasteiger partial charge in [-0.3, -0.25) is 9.69 Å². The Morgan fingerprint density at radius 2 is 1.76 bits per heavy atom. The Morgan fingerprint density at radius 3 is 2.46 bits per heavy atom. The number of aromatic carboxylic acids is 1. The molecule has 0 aromatic heterocycles. The Kier molecular flexibility index (Phi) is 6.82. The van der Waals surface area contributed by atoms with E-state index in [2.05, 4.69) is 0 Å². The molecule has 0 spiro atoms. The smallest absolute Gasteiger partial charge is 0.336 e. The van der Waals surface area contributed by atoms with Crippen LogP contribution in [0.4, 0.5) is 10.1 Å². The third-order valence-corrected chi connectivity index (χ3v) is 7.47. The summed E-state index contributed by atoms with van der Waals surface area (Å²) in [6.45, 7) is 2.65. The maximum Gasteiger partial charge on any atom is 0.336 e. The van der Waals surface area contributed by atoms with Gasteiger partial charge in [-0.1, -0.05) is 72.5 Å². The number of thiocarbonyl (C=S) groups is 1. The fourth-order valence-corrected chi connectivity index (χ4v) is 5.57. The highest BCUT2D eigenvalue weighted by Gasteiger charge is 2.36. The van der Waals surface area contributed by atoms with Crippen LogP contribution in [-0.2, 0) is 11.3 Å². The average molecular weight is 533 g/mol. The lowest BCUT2D eigenvalue weighted by Gasteiger charge is -2.18. The first-order valence-corrected chi connectivity index (χ1v) is 12.7. The lowest BCUT2D eigenvalue weighted by Crippen LogP contribution is -2.27. The topological polar surface area (TPSA) is 70.1 Å². The van der Waals surface area contributed by atoms with Crippen LogP contribution < -0.4 is 9.64 Å². The van der Waals surface area contributed by atoms with Crippen molar-refractivity contribution in [3.05, 3.63) is 112 Å². The monoisotopic (exact) mass is 532 g/mol. The molecule has 1 N–H and O–H groups in total. The molecular formula is C28H21FN2O4S2. The number of hydrogen-bond acceptors (Lipinski definition) is 6. The van der Waals surface area contributed by atoms with E-state index in [1.165, 1.54) is 23.1 Å². The van der Waals surface area contributed by atoms with Crippen LogP contribution in [0.1, 0.15) is 28.4 Å². The third-order valence-electron chi connectivity index (χ3n) is 6.00. The molecule has 0 unspecified atom stereocenters. The number of carbonyl (C=O) groups excluding carboxylic acids is 1. The van der Waals surface area contributed by atoms with E-state index in [4.69, 9.17) is 17.0 Å². The van der Waals surface area contributed by atoms with Crippen molar-refractivity contribution >= 4 is 51.4 Å². The highest BCUT2D eigenvalue weighted by Crippen LogP contribution is 2.43. The van der Waals surface area contributed by atoms with E-state index >= 15 is 0 Å². The minimum Gasteiger partial charge on any atom is -0.478 e. The van der Waals surface area contributed by atoms with Gasteiger partial charge in [0.1, 0.15) is 10.1 Å². The summed E-state index contributed by atoms with van der Waals surface area (Å²) in [6.07, 6.45) is 1.64. The van der Waals surface area contributed by atoms with Crippen LogP contribution in [0.15, 0.2) is 89.7 Å². The van der Waals surface area contributed by atoms with Crippen LogP contribution in [0.25, 0.3) is 5.57 Å². The zero-order valence-corrected chi connectivity index (χ0v) is 21.3. The molecule has 2 aliphatic rings. The number of hydrogen-bond donors (Lipinski definition) is 1. The average Bonchev–Trinajstić information content (AvgIpc) is 3.38. The van der Waals surface area contributed by atoms with Crippen molar-refractivity contribution in [1.29, 1.82) is 0 Å². The van der Waals surface area contributed by atoms with Gasteiger partial charge in [0.15, 0.2) is 5.75 Å². The number of ether oxygens (including phenoxy) is 1. The molecule has 0 bridgehead atoms. The van der Waals surface area contributed by atoms with E-state index in [0.29, 0.717) is 50.8 Å². The molecule has 1 fully saturated rings. The van der Waals surface area contributed by atoms with Crippen LogP contribution in [-0.4, -0.2) is 32.7 Å². The van der Waals surface area contributed by atoms with Crippen molar-refractivity contribution < 1.29 is 23.8 Å². The molecule has 37 heavy (non-hydrogen) atoms. The standard InChI is InChI=1S/C28H21FN2O4S2/c1-2-30-22-14-18(29)12-13-23(22)35-24(30)15-21(19-10-6-7-11-20(19)27(33)34)25-26(32)31(28(36)37-25)16-17-8-4-3-5-9-17/h3-15H,2,16H2,1H3,(H,33,34)/b24-15?,25-21-. The van der Waals surface area contributed by atoms with Gasteiger partial charge in [0.2, 0.25) is 5.88 Å². The third kappa shape index (κ3) is 4.75. The molecular weight excluding hydrogens is 511 g/mol. The van der Waals surface area contributed by atoms with E-state index in [9.17, 15) is 19.1 Å². The SMILES string of the molecule is CCN1C(=C/C(=C2/SC(=S)N(Cc3ccccc3)C2=O)c2ccccc2C(=O)O)Oc2ccc(F)cc21. The first-order valence-electron chi connectivity index (χ1n) is 11.5. The van der Waals surface area contributed by atoms with Gasteiger partial charge in [-0.15, -0.1) is 0 Å². The summed E-state index contributed by atoms with van der Waals surface area (Å²) in [5.41, 5.74) is 2.22. The van der Waals surface area contributed by atoms with Gasteiger partial charge in [-0.2, -0.15) is 0 Å². The number of nitrogens with zero attached hydrogens (tertiary/aromatic N) is 2. The molecule has 0 radical (unpaired) electrons. The van der Waals surface area contributed by atoms with Crippen molar-refractivity contribution in [3.8, 4) is 5.75 Å². The molecule has 0 atom stereocenters. The van der Waals surface area contributed by atoms with Gasteiger partial charge >= 0.3 is 5.97 Å². The van der Waals surface area contributed by atoms with E-state index in [-0.39, 0.29) is 11.5 Å². The highest BCUT2D eigenvalue weighted by atomic mass is 32.2. The molecule has 3 aromatic carbocycles. The largest absolute Gasteiger partial charge is 0.478 e. The maximum absolute atomic E-state index is 14.0. The first-order chi connectivity index (χ1) is 17.9. The summed E-state index contributed by atoms with van der Waals surface area (Å²) in [5.74, 6) is -1.03. The van der Waals surface area contributed by atoms with Gasteiger partial charge in [0.05, 0.1) is 22.7 Å². The molecule has 1 amide bonds. The number of carbonyl (C=O) groups is 2. The molecule has 1 saturated heterocycles. The van der Waals surface area contributed by atoms with Crippen LogP contribution in [0.3, 0.4) is 0 Å². The normalized spacial score (nSPS) is 17.3. The van der Waals surface area contributed by atoms with E-state index < -0.39 is 11.8 Å². The fraction of sp³-hybridized carbons (Fsp3) is 0.107. The molecule has 5 rings (SSSR count). The minimum atomic E-state index is -1.13. The van der Waals surface area contributed by atoms with Gasteiger partial charge in [0.25, 0.3) is 5.91 Å². The first kappa shape index (κ1) is 24.7. The Bertz CT molecular complexity index is 1490. The van der Waals surface area contributed by atoms with E-state index in [1.54, 1.807) is 35.2 Å². The number of carboxylic acids is 1. The number of thioether (sulfide) groups is 1. The van der Waals surface area contributed by atoms with Crippen molar-refractivity contribution in [2.75, 3.05) is 11.4 Å². The predicted octanol–water partition coefficient (Wildman–Crippen LogP) is 6.06. The highest BCUT2D eigenvalue weighted by molar-refractivity contribution is 8.26. The fourth-order valence-electron chi connectivity index (χ4n) is 4.27. The predicted molar refractivity (Wildman–Crippen MR) is 146 cm³/mol. The minimum absolute atomic E-state index is 0.0345. The van der Waals surface area contributed by atoms with Crippen LogP contribution in [0.2, 0.25) is 0 Å². The Hall–Kier alpha value is -3.95. The van der Waals surface area contributed by atoms with E-state index in [1.807, 2.05) is 37.3 Å². The number of fused-ring (bicyclic) bond motifs is 1. The van der Waals surface area contributed by atoms with Crippen molar-refractivity contribution in [2.45, 2.75) is 13.5 Å². The van der Waals surface area contributed by atoms with Crippen LogP contribution >= 0.6 is 24.0 Å². The number of benzene rings is 3. The van der Waals surface area contributed by atoms with E-state index in [0.717, 1.165) is 17.3 Å². The summed E-state index contributed by atoms with van der Waals surface area (Å²) in [4.78, 5) is 29.4. The van der Waals surface area contributed by atoms with Gasteiger partial charge in [-0.25, -0.2) is 9.18 Å².